The molecule has 3 rings (SSSR count). The van der Waals surface area contributed by atoms with E-state index < -0.39 is 0 Å². The number of likely N-dealkylation sites (tertiary alicyclic amines) is 1. The zero-order chi connectivity index (χ0) is 13.2. The van der Waals surface area contributed by atoms with Crippen LogP contribution in [0.4, 0.5) is 0 Å². The van der Waals surface area contributed by atoms with Crippen LogP contribution in [-0.2, 0) is 11.3 Å². The molecule has 6 nitrogen and oxygen atoms in total. The highest BCUT2D eigenvalue weighted by Crippen LogP contribution is 2.27. The summed E-state index contributed by atoms with van der Waals surface area (Å²) in [5, 5.41) is 7.23. The lowest BCUT2D eigenvalue weighted by molar-refractivity contribution is 0.0631. The number of methoxy groups -OCH3 is 1. The minimum atomic E-state index is -0.0311. The summed E-state index contributed by atoms with van der Waals surface area (Å²) in [6, 6.07) is 1.67. The second kappa shape index (κ2) is 6.56. The van der Waals surface area contributed by atoms with Crippen molar-refractivity contribution in [3.63, 3.8) is 0 Å². The fourth-order valence-electron chi connectivity index (χ4n) is 3.01. The molecule has 1 aromatic heterocycles. The van der Waals surface area contributed by atoms with E-state index in [1.165, 1.54) is 0 Å². The molecule has 1 amide bonds. The van der Waals surface area contributed by atoms with Gasteiger partial charge in [-0.3, -0.25) is 4.79 Å². The Hall–Kier alpha value is -1.11. The van der Waals surface area contributed by atoms with Gasteiger partial charge in [-0.05, 0) is 31.3 Å². The Morgan fingerprint density at radius 3 is 3.15 bits per heavy atom. The average Bonchev–Trinajstić information content (AvgIpc) is 3.05. The van der Waals surface area contributed by atoms with Crippen molar-refractivity contribution in [1.82, 2.24) is 15.4 Å². The summed E-state index contributed by atoms with van der Waals surface area (Å²) in [6.07, 6.45) is 1.08. The second-order valence-corrected chi connectivity index (χ2v) is 5.33. The van der Waals surface area contributed by atoms with Gasteiger partial charge in [-0.15, -0.1) is 12.4 Å². The van der Waals surface area contributed by atoms with Crippen molar-refractivity contribution >= 4 is 18.3 Å². The standard InChI is InChI=1S/C13H19N3O3.ClH/c1-18-8-11-4-12(15-19-11)13(17)16-3-2-9-5-14-6-10(9)7-16;/h4,9-10,14H,2-3,5-8H2,1H3;1H. The molecule has 0 bridgehead atoms. The molecule has 0 radical (unpaired) electrons. The van der Waals surface area contributed by atoms with E-state index in [9.17, 15) is 4.79 Å². The molecule has 7 heteroatoms. The molecular weight excluding hydrogens is 282 g/mol. The zero-order valence-electron chi connectivity index (χ0n) is 11.5. The van der Waals surface area contributed by atoms with Crippen LogP contribution in [0.15, 0.2) is 10.6 Å². The number of nitrogens with one attached hydrogen (secondary N) is 1. The first kappa shape index (κ1) is 15.3. The van der Waals surface area contributed by atoms with Crippen LogP contribution in [-0.4, -0.2) is 49.3 Å². The molecule has 0 aliphatic carbocycles. The molecule has 0 saturated carbocycles. The quantitative estimate of drug-likeness (QED) is 0.899. The Morgan fingerprint density at radius 1 is 1.55 bits per heavy atom. The molecule has 2 unspecified atom stereocenters. The smallest absolute Gasteiger partial charge is 0.276 e. The van der Waals surface area contributed by atoms with Crippen LogP contribution in [0.3, 0.4) is 0 Å². The number of hydrogen-bond acceptors (Lipinski definition) is 5. The van der Waals surface area contributed by atoms with Crippen LogP contribution in [0, 0.1) is 11.8 Å². The van der Waals surface area contributed by atoms with Crippen LogP contribution in [0.25, 0.3) is 0 Å². The second-order valence-electron chi connectivity index (χ2n) is 5.33. The minimum absolute atomic E-state index is 0. The topological polar surface area (TPSA) is 67.6 Å². The third-order valence-electron chi connectivity index (χ3n) is 4.06. The number of piperidine rings is 1. The maximum Gasteiger partial charge on any atom is 0.276 e. The van der Waals surface area contributed by atoms with Gasteiger partial charge < -0.3 is 19.5 Å². The highest BCUT2D eigenvalue weighted by atomic mass is 35.5. The largest absolute Gasteiger partial charge is 0.377 e. The maximum atomic E-state index is 12.3. The molecule has 2 fully saturated rings. The third-order valence-corrected chi connectivity index (χ3v) is 4.06. The predicted octanol–water partition coefficient (Wildman–Crippen LogP) is 0.924. The fourth-order valence-corrected chi connectivity index (χ4v) is 3.01. The molecule has 1 aromatic rings. The summed E-state index contributed by atoms with van der Waals surface area (Å²) >= 11 is 0. The first-order chi connectivity index (χ1) is 9.28. The molecule has 2 aliphatic rings. The Labute approximate surface area is 124 Å². The normalized spacial score (nSPS) is 25.1. The molecule has 2 atom stereocenters. The SMILES string of the molecule is COCc1cc(C(=O)N2CCC3CNCC3C2)no1.Cl. The van der Waals surface area contributed by atoms with Crippen LogP contribution in [0.1, 0.15) is 22.7 Å². The number of nitrogens with zero attached hydrogens (tertiary/aromatic N) is 2. The summed E-state index contributed by atoms with van der Waals surface area (Å²) in [7, 11) is 1.59. The fraction of sp³-hybridized carbons (Fsp3) is 0.692. The van der Waals surface area contributed by atoms with Crippen molar-refractivity contribution in [2.75, 3.05) is 33.3 Å². The molecule has 0 aromatic carbocycles. The molecule has 20 heavy (non-hydrogen) atoms. The Bertz CT molecular complexity index is 465. The van der Waals surface area contributed by atoms with Crippen molar-refractivity contribution in [3.05, 3.63) is 17.5 Å². The van der Waals surface area contributed by atoms with Crippen LogP contribution in [0.2, 0.25) is 0 Å². The number of ether oxygens (including phenoxy) is 1. The van der Waals surface area contributed by atoms with Gasteiger partial charge in [-0.25, -0.2) is 0 Å². The van der Waals surface area contributed by atoms with E-state index in [1.807, 2.05) is 4.90 Å². The summed E-state index contributed by atoms with van der Waals surface area (Å²) in [5.41, 5.74) is 0.386. The molecule has 3 heterocycles. The third kappa shape index (κ3) is 2.97. The van der Waals surface area contributed by atoms with E-state index in [1.54, 1.807) is 13.2 Å². The summed E-state index contributed by atoms with van der Waals surface area (Å²) in [4.78, 5) is 14.2. The van der Waals surface area contributed by atoms with Gasteiger partial charge in [0.05, 0.1) is 0 Å². The van der Waals surface area contributed by atoms with E-state index >= 15 is 0 Å². The number of aromatic nitrogens is 1. The van der Waals surface area contributed by atoms with Gasteiger partial charge in [-0.1, -0.05) is 5.16 Å². The summed E-state index contributed by atoms with van der Waals surface area (Å²) in [5.74, 6) is 1.87. The van der Waals surface area contributed by atoms with Crippen LogP contribution < -0.4 is 5.32 Å². The highest BCUT2D eigenvalue weighted by molar-refractivity contribution is 5.92. The van der Waals surface area contributed by atoms with Gasteiger partial charge in [0.2, 0.25) is 0 Å². The molecule has 2 saturated heterocycles. The monoisotopic (exact) mass is 301 g/mol. The highest BCUT2D eigenvalue weighted by Gasteiger charge is 2.35. The Morgan fingerprint density at radius 2 is 2.35 bits per heavy atom. The van der Waals surface area contributed by atoms with Gasteiger partial charge in [0.1, 0.15) is 6.61 Å². The van der Waals surface area contributed by atoms with Gasteiger partial charge in [0, 0.05) is 26.3 Å². The molecule has 2 aliphatic heterocycles. The number of rotatable bonds is 3. The lowest BCUT2D eigenvalue weighted by Gasteiger charge is -2.33. The van der Waals surface area contributed by atoms with Gasteiger partial charge in [0.25, 0.3) is 5.91 Å². The van der Waals surface area contributed by atoms with Gasteiger partial charge >= 0.3 is 0 Å². The van der Waals surface area contributed by atoms with Crippen molar-refractivity contribution < 1.29 is 14.1 Å². The maximum absolute atomic E-state index is 12.3. The van der Waals surface area contributed by atoms with Crippen molar-refractivity contribution in [2.24, 2.45) is 11.8 Å². The first-order valence-electron chi connectivity index (χ1n) is 6.72. The first-order valence-corrected chi connectivity index (χ1v) is 6.72. The van der Waals surface area contributed by atoms with Crippen molar-refractivity contribution in [3.8, 4) is 0 Å². The Kier molecular flexibility index (Phi) is 5.01. The number of hydrogen-bond donors (Lipinski definition) is 1. The number of fused-ring (bicyclic) bond motifs is 1. The average molecular weight is 302 g/mol. The molecule has 112 valence electrons. The number of carbonyl (C=O) groups is 1. The lowest BCUT2D eigenvalue weighted by Crippen LogP contribution is -2.43. The van der Waals surface area contributed by atoms with Crippen molar-refractivity contribution in [1.29, 1.82) is 0 Å². The van der Waals surface area contributed by atoms with E-state index in [0.717, 1.165) is 38.5 Å². The van der Waals surface area contributed by atoms with Gasteiger partial charge in [0.15, 0.2) is 11.5 Å². The molecular formula is C13H20ClN3O3. The molecule has 1 N–H and O–H groups in total. The van der Waals surface area contributed by atoms with Crippen LogP contribution >= 0.6 is 12.4 Å². The van der Waals surface area contributed by atoms with Gasteiger partial charge in [-0.2, -0.15) is 0 Å². The van der Waals surface area contributed by atoms with E-state index in [2.05, 4.69) is 10.5 Å². The van der Waals surface area contributed by atoms with Crippen molar-refractivity contribution in [2.45, 2.75) is 13.0 Å². The summed E-state index contributed by atoms with van der Waals surface area (Å²) < 4.78 is 10.0. The minimum Gasteiger partial charge on any atom is -0.377 e. The Balaban J connectivity index is 0.00000147. The van der Waals surface area contributed by atoms with E-state index in [4.69, 9.17) is 9.26 Å². The predicted molar refractivity (Wildman–Crippen MR) is 74.8 cm³/mol. The molecule has 0 spiro atoms. The van der Waals surface area contributed by atoms with Crippen LogP contribution in [0.5, 0.6) is 0 Å². The number of amides is 1. The zero-order valence-corrected chi connectivity index (χ0v) is 12.3. The lowest BCUT2D eigenvalue weighted by atomic mass is 9.88. The summed E-state index contributed by atoms with van der Waals surface area (Å²) in [6.45, 7) is 4.09. The van der Waals surface area contributed by atoms with E-state index in [-0.39, 0.29) is 18.3 Å². The van der Waals surface area contributed by atoms with E-state index in [0.29, 0.717) is 24.0 Å². The number of carbonyl (C=O) groups excluding carboxylic acids is 1. The number of halogens is 1.